The van der Waals surface area contributed by atoms with E-state index in [1.165, 1.54) is 11.1 Å². The lowest BCUT2D eigenvalue weighted by Gasteiger charge is -2.20. The number of fused-ring (bicyclic) bond motifs is 3. The second-order valence-electron chi connectivity index (χ2n) is 8.40. The molecule has 2 N–H and O–H groups in total. The van der Waals surface area contributed by atoms with E-state index in [2.05, 4.69) is 45.5 Å². The molecule has 4 rings (SSSR count). The third-order valence-electron chi connectivity index (χ3n) is 6.05. The highest BCUT2D eigenvalue weighted by molar-refractivity contribution is 9.10. The van der Waals surface area contributed by atoms with Crippen LogP contribution in [-0.2, 0) is 16.0 Å². The average molecular weight is 508 g/mol. The molecule has 170 valence electrons. The molecular weight excluding hydrogens is 482 g/mol. The number of aliphatic carboxylic acids is 1. The van der Waals surface area contributed by atoms with Gasteiger partial charge < -0.3 is 15.2 Å². The van der Waals surface area contributed by atoms with Crippen LogP contribution in [-0.4, -0.2) is 29.8 Å². The van der Waals surface area contributed by atoms with E-state index in [1.54, 1.807) is 0 Å². The Labute approximate surface area is 201 Å². The number of rotatable bonds is 8. The Morgan fingerprint density at radius 3 is 2.27 bits per heavy atom. The van der Waals surface area contributed by atoms with Crippen LogP contribution < -0.4 is 5.32 Å². The van der Waals surface area contributed by atoms with Crippen LogP contribution in [0.25, 0.3) is 11.1 Å². The molecule has 0 aromatic heterocycles. The zero-order valence-corrected chi connectivity index (χ0v) is 20.0. The predicted octanol–water partition coefficient (Wildman–Crippen LogP) is 6.07. The molecule has 6 heteroatoms. The first kappa shape index (κ1) is 23.1. The molecule has 5 nitrogen and oxygen atoms in total. The Kier molecular flexibility index (Phi) is 7.14. The number of alkyl carbamates (subject to hydrolysis) is 1. The summed E-state index contributed by atoms with van der Waals surface area (Å²) in [5.74, 6) is -0.913. The fourth-order valence-electron chi connectivity index (χ4n) is 4.41. The number of hydrogen-bond acceptors (Lipinski definition) is 3. The standard InChI is InChI=1S/C27H26BrNO4/c1-17-10-11-18(25(28)14-17)15-19(12-13-26(30)31)29-27(32)33-16-24-22-8-4-2-6-20(22)21-7-3-5-9-23(21)24/h2-11,14,19,24H,12-13,15-16H2,1H3,(H,29,32)(H,30,31). The molecule has 0 radical (unpaired) electrons. The van der Waals surface area contributed by atoms with Gasteiger partial charge >= 0.3 is 12.1 Å². The van der Waals surface area contributed by atoms with Crippen LogP contribution in [0.5, 0.6) is 0 Å². The van der Waals surface area contributed by atoms with Gasteiger partial charge in [0.1, 0.15) is 6.61 Å². The van der Waals surface area contributed by atoms with Gasteiger partial charge in [0.2, 0.25) is 0 Å². The Morgan fingerprint density at radius 2 is 1.67 bits per heavy atom. The number of carboxylic acids is 1. The zero-order chi connectivity index (χ0) is 23.4. The SMILES string of the molecule is Cc1ccc(CC(CCC(=O)O)NC(=O)OCC2c3ccccc3-c3ccccc32)c(Br)c1. The van der Waals surface area contributed by atoms with Crippen molar-refractivity contribution >= 4 is 28.0 Å². The van der Waals surface area contributed by atoms with Crippen molar-refractivity contribution in [2.75, 3.05) is 6.61 Å². The normalized spacial score (nSPS) is 13.2. The lowest BCUT2D eigenvalue weighted by atomic mass is 9.98. The lowest BCUT2D eigenvalue weighted by molar-refractivity contribution is -0.137. The molecule has 0 saturated heterocycles. The maximum Gasteiger partial charge on any atom is 0.407 e. The molecule has 0 fully saturated rings. The molecule has 0 aliphatic heterocycles. The number of amides is 1. The third-order valence-corrected chi connectivity index (χ3v) is 6.79. The highest BCUT2D eigenvalue weighted by atomic mass is 79.9. The van der Waals surface area contributed by atoms with E-state index < -0.39 is 12.1 Å². The van der Waals surface area contributed by atoms with Gasteiger partial charge in [0.25, 0.3) is 0 Å². The molecule has 3 aromatic rings. The van der Waals surface area contributed by atoms with Crippen molar-refractivity contribution in [3.8, 4) is 11.1 Å². The predicted molar refractivity (Wildman–Crippen MR) is 131 cm³/mol. The number of halogens is 1. The summed E-state index contributed by atoms with van der Waals surface area (Å²) in [5, 5.41) is 12.0. The molecule has 0 saturated carbocycles. The van der Waals surface area contributed by atoms with Gasteiger partial charge in [-0.15, -0.1) is 0 Å². The van der Waals surface area contributed by atoms with E-state index in [9.17, 15) is 9.59 Å². The van der Waals surface area contributed by atoms with Crippen molar-refractivity contribution in [3.63, 3.8) is 0 Å². The summed E-state index contributed by atoms with van der Waals surface area (Å²) in [5.41, 5.74) is 6.78. The minimum absolute atomic E-state index is 0.0214. The lowest BCUT2D eigenvalue weighted by Crippen LogP contribution is -2.38. The molecule has 33 heavy (non-hydrogen) atoms. The minimum Gasteiger partial charge on any atom is -0.481 e. The molecule has 3 aromatic carbocycles. The van der Waals surface area contributed by atoms with Crippen LogP contribution >= 0.6 is 15.9 Å². The second kappa shape index (κ2) is 10.2. The molecule has 1 aliphatic rings. The number of nitrogens with one attached hydrogen (secondary N) is 1. The number of carbonyl (C=O) groups is 2. The van der Waals surface area contributed by atoms with Crippen molar-refractivity contribution in [2.45, 2.75) is 38.1 Å². The van der Waals surface area contributed by atoms with Gasteiger partial charge in [-0.3, -0.25) is 4.79 Å². The molecule has 0 spiro atoms. The van der Waals surface area contributed by atoms with Crippen LogP contribution in [0.3, 0.4) is 0 Å². The van der Waals surface area contributed by atoms with Crippen molar-refractivity contribution < 1.29 is 19.4 Å². The average Bonchev–Trinajstić information content (AvgIpc) is 3.11. The first-order valence-electron chi connectivity index (χ1n) is 11.0. The summed E-state index contributed by atoms with van der Waals surface area (Å²) in [6.07, 6.45) is 0.270. The van der Waals surface area contributed by atoms with Crippen LogP contribution in [0.2, 0.25) is 0 Å². The minimum atomic E-state index is -0.891. The van der Waals surface area contributed by atoms with Gasteiger partial charge in [-0.25, -0.2) is 4.79 Å². The zero-order valence-electron chi connectivity index (χ0n) is 18.4. The van der Waals surface area contributed by atoms with Crippen LogP contribution in [0.15, 0.2) is 71.2 Å². The Balaban J connectivity index is 1.44. The number of benzene rings is 3. The highest BCUT2D eigenvalue weighted by Gasteiger charge is 2.29. The Morgan fingerprint density at radius 1 is 1.03 bits per heavy atom. The summed E-state index contributed by atoms with van der Waals surface area (Å²) in [6, 6.07) is 22.0. The van der Waals surface area contributed by atoms with Gasteiger partial charge in [0.05, 0.1) is 0 Å². The number of carbonyl (C=O) groups excluding carboxylic acids is 1. The first-order chi connectivity index (χ1) is 15.9. The van der Waals surface area contributed by atoms with Crippen molar-refractivity contribution in [1.82, 2.24) is 5.32 Å². The summed E-state index contributed by atoms with van der Waals surface area (Å²) in [6.45, 7) is 2.23. The summed E-state index contributed by atoms with van der Waals surface area (Å²) in [7, 11) is 0. The summed E-state index contributed by atoms with van der Waals surface area (Å²) >= 11 is 3.57. The molecular formula is C27H26BrNO4. The van der Waals surface area contributed by atoms with E-state index >= 15 is 0 Å². The van der Waals surface area contributed by atoms with Gasteiger partial charge in [0, 0.05) is 22.9 Å². The molecule has 0 bridgehead atoms. The molecule has 1 amide bonds. The van der Waals surface area contributed by atoms with Crippen LogP contribution in [0, 0.1) is 6.92 Å². The largest absolute Gasteiger partial charge is 0.481 e. The van der Waals surface area contributed by atoms with Crippen LogP contribution in [0.1, 0.15) is 41.0 Å². The summed E-state index contributed by atoms with van der Waals surface area (Å²) in [4.78, 5) is 23.8. The quantitative estimate of drug-likeness (QED) is 0.387. The fraction of sp³-hybridized carbons (Fsp3) is 0.259. The van der Waals surface area contributed by atoms with E-state index in [4.69, 9.17) is 9.84 Å². The number of ether oxygens (including phenoxy) is 1. The monoisotopic (exact) mass is 507 g/mol. The van der Waals surface area contributed by atoms with Crippen LogP contribution in [0.4, 0.5) is 4.79 Å². The van der Waals surface area contributed by atoms with E-state index in [0.717, 1.165) is 26.7 Å². The van der Waals surface area contributed by atoms with Gasteiger partial charge in [-0.05, 0) is 59.2 Å². The fourth-order valence-corrected chi connectivity index (χ4v) is 5.07. The molecule has 1 aliphatic carbocycles. The number of carboxylic acid groups (broad SMARTS) is 1. The van der Waals surface area contributed by atoms with E-state index in [1.807, 2.05) is 49.4 Å². The number of hydrogen-bond donors (Lipinski definition) is 2. The van der Waals surface area contributed by atoms with Gasteiger partial charge in [-0.2, -0.15) is 0 Å². The molecule has 0 heterocycles. The molecule has 1 atom stereocenters. The third kappa shape index (κ3) is 5.45. The maximum absolute atomic E-state index is 12.7. The van der Waals surface area contributed by atoms with Gasteiger partial charge in [-0.1, -0.05) is 76.6 Å². The van der Waals surface area contributed by atoms with Gasteiger partial charge in [0.15, 0.2) is 0 Å². The van der Waals surface area contributed by atoms with Crippen molar-refractivity contribution in [3.05, 3.63) is 93.5 Å². The van der Waals surface area contributed by atoms with Crippen molar-refractivity contribution in [1.29, 1.82) is 0 Å². The van der Waals surface area contributed by atoms with Crippen molar-refractivity contribution in [2.24, 2.45) is 0 Å². The van der Waals surface area contributed by atoms with E-state index in [-0.39, 0.29) is 25.0 Å². The Bertz CT molecular complexity index is 1130. The summed E-state index contributed by atoms with van der Waals surface area (Å²) < 4.78 is 6.60. The second-order valence-corrected chi connectivity index (χ2v) is 9.25. The first-order valence-corrected chi connectivity index (χ1v) is 11.8. The number of aryl methyl sites for hydroxylation is 1. The smallest absolute Gasteiger partial charge is 0.407 e. The maximum atomic E-state index is 12.7. The topological polar surface area (TPSA) is 75.6 Å². The van der Waals surface area contributed by atoms with E-state index in [0.29, 0.717) is 12.8 Å². The molecule has 1 unspecified atom stereocenters. The Hall–Kier alpha value is -3.12. The highest BCUT2D eigenvalue weighted by Crippen LogP contribution is 2.44.